The number of nitrogens with zero attached hydrogens (tertiary/aromatic N) is 4. The maximum atomic E-state index is 10.9. The van der Waals surface area contributed by atoms with Crippen molar-refractivity contribution in [1.29, 1.82) is 0 Å². The molecule has 8 nitrogen and oxygen atoms in total. The van der Waals surface area contributed by atoms with Gasteiger partial charge in [0.1, 0.15) is 9.84 Å². The summed E-state index contributed by atoms with van der Waals surface area (Å²) in [5.74, 6) is 0.542. The van der Waals surface area contributed by atoms with E-state index in [9.17, 15) is 8.42 Å². The topological polar surface area (TPSA) is 101 Å². The molecule has 0 atom stereocenters. The van der Waals surface area contributed by atoms with E-state index >= 15 is 0 Å². The molecular formula is C13H24IN5O3S2. The van der Waals surface area contributed by atoms with Crippen molar-refractivity contribution in [1.82, 2.24) is 9.88 Å². The zero-order valence-corrected chi connectivity index (χ0v) is 17.6. The van der Waals surface area contributed by atoms with Crippen LogP contribution in [-0.2, 0) is 14.6 Å². The van der Waals surface area contributed by atoms with Crippen molar-refractivity contribution in [3.63, 3.8) is 0 Å². The van der Waals surface area contributed by atoms with Gasteiger partial charge in [-0.3, -0.25) is 4.99 Å². The first kappa shape index (κ1) is 21.4. The van der Waals surface area contributed by atoms with Gasteiger partial charge in [-0.1, -0.05) is 0 Å². The van der Waals surface area contributed by atoms with E-state index in [1.807, 2.05) is 16.5 Å². The van der Waals surface area contributed by atoms with Crippen LogP contribution in [0, 0.1) is 0 Å². The van der Waals surface area contributed by atoms with E-state index in [0.717, 1.165) is 31.3 Å². The second kappa shape index (κ2) is 10.4. The smallest absolute Gasteiger partial charge is 0.191 e. The lowest BCUT2D eigenvalue weighted by Gasteiger charge is -2.35. The summed E-state index contributed by atoms with van der Waals surface area (Å²) in [5, 5.41) is 3.01. The van der Waals surface area contributed by atoms with E-state index in [0.29, 0.717) is 19.1 Å². The summed E-state index contributed by atoms with van der Waals surface area (Å²) in [6.45, 7) is 4.36. The molecule has 11 heteroatoms. The lowest BCUT2D eigenvalue weighted by Crippen LogP contribution is -2.51. The monoisotopic (exact) mass is 489 g/mol. The Kier molecular flexibility index (Phi) is 9.23. The molecule has 0 saturated carbocycles. The minimum absolute atomic E-state index is 0. The highest BCUT2D eigenvalue weighted by Gasteiger charge is 2.19. The largest absolute Gasteiger partial charge is 0.378 e. The summed E-state index contributed by atoms with van der Waals surface area (Å²) < 4.78 is 27.1. The molecule has 0 bridgehead atoms. The molecule has 2 heterocycles. The van der Waals surface area contributed by atoms with Gasteiger partial charge in [0.2, 0.25) is 0 Å². The number of aliphatic imine (C=N–C) groups is 1. The van der Waals surface area contributed by atoms with Gasteiger partial charge in [-0.2, -0.15) is 0 Å². The number of nitrogens with two attached hydrogens (primary N) is 1. The second-order valence-electron chi connectivity index (χ2n) is 5.27. The summed E-state index contributed by atoms with van der Waals surface area (Å²) in [6, 6.07) is 0. The van der Waals surface area contributed by atoms with E-state index in [4.69, 9.17) is 10.5 Å². The molecule has 1 saturated heterocycles. The van der Waals surface area contributed by atoms with Gasteiger partial charge < -0.3 is 20.3 Å². The maximum Gasteiger partial charge on any atom is 0.191 e. The van der Waals surface area contributed by atoms with Crippen molar-refractivity contribution in [2.24, 2.45) is 10.7 Å². The summed E-state index contributed by atoms with van der Waals surface area (Å²) >= 11 is 1.64. The third kappa shape index (κ3) is 7.49. The second-order valence-corrected chi connectivity index (χ2v) is 8.40. The molecule has 1 aromatic rings. The van der Waals surface area contributed by atoms with Crippen LogP contribution < -0.4 is 10.6 Å². The van der Waals surface area contributed by atoms with Crippen LogP contribution in [0.1, 0.15) is 0 Å². The molecule has 0 spiro atoms. The summed E-state index contributed by atoms with van der Waals surface area (Å²) in [4.78, 5) is 12.9. The summed E-state index contributed by atoms with van der Waals surface area (Å²) in [6.07, 6.45) is 3.00. The molecule has 138 valence electrons. The first-order valence-corrected chi connectivity index (χ1v) is 10.3. The SMILES string of the molecule is CS(=O)(=O)CCOCCN=C(N)N1CCN(c2nccs2)CC1.I. The summed E-state index contributed by atoms with van der Waals surface area (Å²) in [5.41, 5.74) is 5.99. The molecule has 0 aliphatic carbocycles. The molecule has 2 rings (SSSR count). The Balaban J connectivity index is 0.00000288. The maximum absolute atomic E-state index is 10.9. The Morgan fingerprint density at radius 3 is 2.67 bits per heavy atom. The average Bonchev–Trinajstić information content (AvgIpc) is 3.04. The van der Waals surface area contributed by atoms with Crippen molar-refractivity contribution in [2.45, 2.75) is 0 Å². The summed E-state index contributed by atoms with van der Waals surface area (Å²) in [7, 11) is -2.97. The number of hydrogen-bond acceptors (Lipinski definition) is 7. The van der Waals surface area contributed by atoms with Crippen LogP contribution >= 0.6 is 35.3 Å². The van der Waals surface area contributed by atoms with Crippen molar-refractivity contribution >= 4 is 56.2 Å². The van der Waals surface area contributed by atoms with Gasteiger partial charge >= 0.3 is 0 Å². The number of halogens is 1. The zero-order chi connectivity index (χ0) is 16.7. The number of piperazine rings is 1. The number of thiazole rings is 1. The minimum atomic E-state index is -2.97. The molecule has 2 N–H and O–H groups in total. The van der Waals surface area contributed by atoms with Crippen LogP contribution in [0.5, 0.6) is 0 Å². The molecule has 0 unspecified atom stereocenters. The van der Waals surface area contributed by atoms with Crippen molar-refractivity contribution in [3.05, 3.63) is 11.6 Å². The lowest BCUT2D eigenvalue weighted by atomic mass is 10.3. The first-order valence-electron chi connectivity index (χ1n) is 7.40. The molecule has 0 amide bonds. The predicted molar refractivity (Wildman–Crippen MR) is 108 cm³/mol. The molecular weight excluding hydrogens is 465 g/mol. The molecule has 24 heavy (non-hydrogen) atoms. The Morgan fingerprint density at radius 1 is 1.38 bits per heavy atom. The highest BCUT2D eigenvalue weighted by atomic mass is 127. The van der Waals surface area contributed by atoms with E-state index in [1.54, 1.807) is 11.3 Å². The van der Waals surface area contributed by atoms with Gasteiger partial charge in [0.25, 0.3) is 0 Å². The Labute approximate surface area is 164 Å². The van der Waals surface area contributed by atoms with Crippen LogP contribution in [0.4, 0.5) is 5.13 Å². The van der Waals surface area contributed by atoms with Gasteiger partial charge in [-0.25, -0.2) is 13.4 Å². The third-order valence-electron chi connectivity index (χ3n) is 3.40. The van der Waals surface area contributed by atoms with Crippen molar-refractivity contribution in [3.8, 4) is 0 Å². The van der Waals surface area contributed by atoms with Gasteiger partial charge in [0.15, 0.2) is 11.1 Å². The number of hydrogen-bond donors (Lipinski definition) is 1. The van der Waals surface area contributed by atoms with Crippen LogP contribution in [0.3, 0.4) is 0 Å². The quantitative estimate of drug-likeness (QED) is 0.254. The van der Waals surface area contributed by atoms with E-state index in [-0.39, 0.29) is 36.3 Å². The van der Waals surface area contributed by atoms with Crippen molar-refractivity contribution < 1.29 is 13.2 Å². The van der Waals surface area contributed by atoms with Crippen LogP contribution in [0.15, 0.2) is 16.6 Å². The Morgan fingerprint density at radius 2 is 2.08 bits per heavy atom. The molecule has 0 aromatic carbocycles. The fourth-order valence-electron chi connectivity index (χ4n) is 2.14. The van der Waals surface area contributed by atoms with Gasteiger partial charge in [0, 0.05) is 44.0 Å². The predicted octanol–water partition coefficient (Wildman–Crippen LogP) is 0.259. The first-order chi connectivity index (χ1) is 11.0. The van der Waals surface area contributed by atoms with Gasteiger partial charge in [0.05, 0.1) is 25.5 Å². The standard InChI is InChI=1S/C13H23N5O3S2.HI/c1-23(19,20)11-9-21-8-2-15-12(14)17-4-6-18(7-5-17)13-16-3-10-22-13;/h3,10H,2,4-9,11H2,1H3,(H2,14,15);1H. The third-order valence-corrected chi connectivity index (χ3v) is 5.14. The van der Waals surface area contributed by atoms with Crippen molar-refractivity contribution in [2.75, 3.05) is 62.8 Å². The highest BCUT2D eigenvalue weighted by molar-refractivity contribution is 14.0. The Hall–Kier alpha value is -0.660. The Bertz CT molecular complexity index is 601. The molecule has 1 aliphatic heterocycles. The zero-order valence-electron chi connectivity index (χ0n) is 13.6. The van der Waals surface area contributed by atoms with Gasteiger partial charge in [-0.15, -0.1) is 35.3 Å². The average molecular weight is 489 g/mol. The van der Waals surface area contributed by atoms with Crippen LogP contribution in [0.2, 0.25) is 0 Å². The van der Waals surface area contributed by atoms with Crippen LogP contribution in [-0.4, -0.2) is 82.2 Å². The van der Waals surface area contributed by atoms with E-state index < -0.39 is 9.84 Å². The van der Waals surface area contributed by atoms with Gasteiger partial charge in [-0.05, 0) is 0 Å². The lowest BCUT2D eigenvalue weighted by molar-refractivity contribution is 0.157. The molecule has 1 aliphatic rings. The van der Waals surface area contributed by atoms with E-state index in [2.05, 4.69) is 14.9 Å². The number of aromatic nitrogens is 1. The molecule has 1 aromatic heterocycles. The molecule has 1 fully saturated rings. The normalized spacial score (nSPS) is 16.1. The van der Waals surface area contributed by atoms with E-state index in [1.165, 1.54) is 6.26 Å². The van der Waals surface area contributed by atoms with Crippen LogP contribution in [0.25, 0.3) is 0 Å². The number of ether oxygens (including phenoxy) is 1. The molecule has 0 radical (unpaired) electrons. The number of anilines is 1. The highest BCUT2D eigenvalue weighted by Crippen LogP contribution is 2.18. The number of guanidine groups is 1. The minimum Gasteiger partial charge on any atom is -0.378 e. The number of rotatable bonds is 7. The fraction of sp³-hybridized carbons (Fsp3) is 0.692. The number of sulfone groups is 1. The fourth-order valence-corrected chi connectivity index (χ4v) is 3.25.